The molecule has 0 saturated carbocycles. The summed E-state index contributed by atoms with van der Waals surface area (Å²) in [4.78, 5) is 10.8. The van der Waals surface area contributed by atoms with E-state index in [1.807, 2.05) is 31.2 Å². The average Bonchev–Trinajstić information content (AvgIpc) is 2.56. The number of hydrogen-bond acceptors (Lipinski definition) is 2. The molecule has 0 saturated heterocycles. The molecule has 0 aliphatic rings. The van der Waals surface area contributed by atoms with Gasteiger partial charge in [0.15, 0.2) is 0 Å². The van der Waals surface area contributed by atoms with Crippen LogP contribution in [0.25, 0.3) is 10.9 Å². The molecule has 1 unspecified atom stereocenters. The molecule has 0 amide bonds. The highest BCUT2D eigenvalue weighted by atomic mass is 16.4. The lowest BCUT2D eigenvalue weighted by molar-refractivity contribution is -0.141. The molecule has 1 aromatic heterocycles. The number of carboxylic acids is 1. The number of carbonyl (C=O) groups is 1. The summed E-state index contributed by atoms with van der Waals surface area (Å²) in [5.74, 6) is -1.22. The van der Waals surface area contributed by atoms with Crippen molar-refractivity contribution >= 4 is 16.9 Å². The first kappa shape index (κ1) is 10.7. The summed E-state index contributed by atoms with van der Waals surface area (Å²) in [6, 6.07) is 7.82. The first-order valence-electron chi connectivity index (χ1n) is 5.24. The minimum Gasteiger partial charge on any atom is -0.481 e. The van der Waals surface area contributed by atoms with Gasteiger partial charge in [0.2, 0.25) is 0 Å². The predicted molar refractivity (Wildman–Crippen MR) is 61.3 cm³/mol. The van der Waals surface area contributed by atoms with E-state index in [1.54, 1.807) is 11.6 Å². The van der Waals surface area contributed by atoms with Crippen molar-refractivity contribution in [1.29, 1.82) is 0 Å². The number of fused-ring (bicyclic) bond motifs is 1. The lowest BCUT2D eigenvalue weighted by atomic mass is 10.2. The van der Waals surface area contributed by atoms with Gasteiger partial charge in [-0.1, -0.05) is 25.1 Å². The van der Waals surface area contributed by atoms with Gasteiger partial charge in [-0.15, -0.1) is 0 Å². The van der Waals surface area contributed by atoms with Gasteiger partial charge in [0.05, 0.1) is 18.0 Å². The minimum absolute atomic E-state index is 0.413. The van der Waals surface area contributed by atoms with Crippen LogP contribution in [-0.4, -0.2) is 20.9 Å². The number of nitrogens with zero attached hydrogens (tertiary/aromatic N) is 2. The normalized spacial score (nSPS) is 12.9. The molecule has 2 aromatic rings. The first-order chi connectivity index (χ1) is 7.59. The Morgan fingerprint density at radius 3 is 2.81 bits per heavy atom. The van der Waals surface area contributed by atoms with Crippen molar-refractivity contribution in [2.24, 2.45) is 5.92 Å². The van der Waals surface area contributed by atoms with Crippen molar-refractivity contribution in [3.05, 3.63) is 30.0 Å². The summed E-state index contributed by atoms with van der Waals surface area (Å²) in [7, 11) is 0. The van der Waals surface area contributed by atoms with Crippen LogP contribution in [0.5, 0.6) is 0 Å². The van der Waals surface area contributed by atoms with Crippen LogP contribution in [0.1, 0.15) is 12.6 Å². The largest absolute Gasteiger partial charge is 0.481 e. The fourth-order valence-corrected chi connectivity index (χ4v) is 1.73. The van der Waals surface area contributed by atoms with Crippen molar-refractivity contribution in [2.45, 2.75) is 20.4 Å². The molecule has 1 aromatic carbocycles. The van der Waals surface area contributed by atoms with Crippen LogP contribution in [-0.2, 0) is 11.3 Å². The van der Waals surface area contributed by atoms with E-state index in [0.717, 1.165) is 16.6 Å². The maximum atomic E-state index is 10.8. The molecule has 0 radical (unpaired) electrons. The number of rotatable bonds is 3. The number of aliphatic carboxylic acids is 1. The Morgan fingerprint density at radius 2 is 2.19 bits per heavy atom. The molecule has 4 nitrogen and oxygen atoms in total. The summed E-state index contributed by atoms with van der Waals surface area (Å²) >= 11 is 0. The van der Waals surface area contributed by atoms with Gasteiger partial charge >= 0.3 is 5.97 Å². The molecule has 2 rings (SSSR count). The van der Waals surface area contributed by atoms with E-state index >= 15 is 0 Å². The van der Waals surface area contributed by atoms with Gasteiger partial charge in [0, 0.05) is 11.1 Å². The van der Waals surface area contributed by atoms with E-state index in [4.69, 9.17) is 5.11 Å². The zero-order valence-corrected chi connectivity index (χ0v) is 9.34. The Bertz CT molecular complexity index is 531. The lowest BCUT2D eigenvalue weighted by Crippen LogP contribution is -2.18. The summed E-state index contributed by atoms with van der Waals surface area (Å²) < 4.78 is 1.77. The first-order valence-corrected chi connectivity index (χ1v) is 5.24. The molecule has 84 valence electrons. The summed E-state index contributed by atoms with van der Waals surface area (Å²) in [5, 5.41) is 14.3. The van der Waals surface area contributed by atoms with Gasteiger partial charge in [0.1, 0.15) is 0 Å². The second kappa shape index (κ2) is 3.96. The highest BCUT2D eigenvalue weighted by Crippen LogP contribution is 2.17. The quantitative estimate of drug-likeness (QED) is 0.858. The molecule has 1 N–H and O–H groups in total. The van der Waals surface area contributed by atoms with Crippen molar-refractivity contribution in [3.8, 4) is 0 Å². The van der Waals surface area contributed by atoms with Crippen LogP contribution >= 0.6 is 0 Å². The van der Waals surface area contributed by atoms with E-state index in [0.29, 0.717) is 6.54 Å². The van der Waals surface area contributed by atoms with Crippen LogP contribution in [0, 0.1) is 12.8 Å². The molecule has 0 spiro atoms. The molecule has 0 bridgehead atoms. The van der Waals surface area contributed by atoms with Crippen molar-refractivity contribution in [1.82, 2.24) is 9.78 Å². The molecular weight excluding hydrogens is 204 g/mol. The lowest BCUT2D eigenvalue weighted by Gasteiger charge is -2.07. The number of hydrogen-bond donors (Lipinski definition) is 1. The molecule has 0 fully saturated rings. The maximum Gasteiger partial charge on any atom is 0.308 e. The molecule has 0 aliphatic carbocycles. The van der Waals surface area contributed by atoms with Gasteiger partial charge < -0.3 is 5.11 Å². The zero-order valence-electron chi connectivity index (χ0n) is 9.34. The van der Waals surface area contributed by atoms with Crippen LogP contribution in [0.3, 0.4) is 0 Å². The SMILES string of the molecule is Cc1c2ccccc2nn1CC(C)C(=O)O. The topological polar surface area (TPSA) is 55.1 Å². The number of carboxylic acid groups (broad SMARTS) is 1. The Hall–Kier alpha value is -1.84. The number of benzene rings is 1. The molecule has 0 aliphatic heterocycles. The Balaban J connectivity index is 2.38. The standard InChI is InChI=1S/C12H14N2O2/c1-8(12(15)16)7-14-9(2)10-5-3-4-6-11(10)13-14/h3-6,8H,7H2,1-2H3,(H,15,16). The van der Waals surface area contributed by atoms with Crippen molar-refractivity contribution in [3.63, 3.8) is 0 Å². The molecular formula is C12H14N2O2. The number of aryl methyl sites for hydroxylation is 1. The number of aromatic nitrogens is 2. The Kier molecular flexibility index (Phi) is 2.64. The van der Waals surface area contributed by atoms with Gasteiger partial charge in [0.25, 0.3) is 0 Å². The summed E-state index contributed by atoms with van der Waals surface area (Å²) in [6.45, 7) is 4.06. The molecule has 1 atom stereocenters. The second-order valence-electron chi connectivity index (χ2n) is 4.02. The van der Waals surface area contributed by atoms with E-state index < -0.39 is 11.9 Å². The third-order valence-corrected chi connectivity index (χ3v) is 2.78. The van der Waals surface area contributed by atoms with Crippen LogP contribution in [0.15, 0.2) is 24.3 Å². The Labute approximate surface area is 93.5 Å². The maximum absolute atomic E-state index is 10.8. The van der Waals surface area contributed by atoms with E-state index in [2.05, 4.69) is 5.10 Å². The van der Waals surface area contributed by atoms with E-state index in [1.165, 1.54) is 0 Å². The van der Waals surface area contributed by atoms with E-state index in [-0.39, 0.29) is 0 Å². The second-order valence-corrected chi connectivity index (χ2v) is 4.02. The molecule has 16 heavy (non-hydrogen) atoms. The van der Waals surface area contributed by atoms with Gasteiger partial charge in [-0.2, -0.15) is 5.10 Å². The van der Waals surface area contributed by atoms with Crippen molar-refractivity contribution < 1.29 is 9.90 Å². The van der Waals surface area contributed by atoms with Crippen LogP contribution in [0.2, 0.25) is 0 Å². The third kappa shape index (κ3) is 1.78. The highest BCUT2D eigenvalue weighted by molar-refractivity contribution is 5.81. The predicted octanol–water partition coefficient (Wildman–Crippen LogP) is 2.07. The molecule has 1 heterocycles. The van der Waals surface area contributed by atoms with Crippen LogP contribution in [0.4, 0.5) is 0 Å². The zero-order chi connectivity index (χ0) is 11.7. The van der Waals surface area contributed by atoms with E-state index in [9.17, 15) is 4.79 Å². The summed E-state index contributed by atoms with van der Waals surface area (Å²) in [6.07, 6.45) is 0. The fraction of sp³-hybridized carbons (Fsp3) is 0.333. The fourth-order valence-electron chi connectivity index (χ4n) is 1.73. The van der Waals surface area contributed by atoms with Gasteiger partial charge in [-0.3, -0.25) is 9.48 Å². The van der Waals surface area contributed by atoms with Gasteiger partial charge in [-0.25, -0.2) is 0 Å². The average molecular weight is 218 g/mol. The highest BCUT2D eigenvalue weighted by Gasteiger charge is 2.14. The third-order valence-electron chi connectivity index (χ3n) is 2.78. The van der Waals surface area contributed by atoms with Gasteiger partial charge in [-0.05, 0) is 13.0 Å². The smallest absolute Gasteiger partial charge is 0.308 e. The molecule has 4 heteroatoms. The Morgan fingerprint density at radius 1 is 1.50 bits per heavy atom. The monoisotopic (exact) mass is 218 g/mol. The van der Waals surface area contributed by atoms with Crippen molar-refractivity contribution in [2.75, 3.05) is 0 Å². The minimum atomic E-state index is -0.793. The summed E-state index contributed by atoms with van der Waals surface area (Å²) in [5.41, 5.74) is 1.93. The van der Waals surface area contributed by atoms with Crippen LogP contribution < -0.4 is 0 Å².